The van der Waals surface area contributed by atoms with Crippen molar-refractivity contribution in [3.05, 3.63) is 72.6 Å². The van der Waals surface area contributed by atoms with Gasteiger partial charge in [0.05, 0.1) is 41.8 Å². The lowest BCUT2D eigenvalue weighted by Crippen LogP contribution is -2.49. The van der Waals surface area contributed by atoms with Crippen LogP contribution in [0.3, 0.4) is 0 Å². The third-order valence-corrected chi connectivity index (χ3v) is 13.4. The average Bonchev–Trinajstić information content (AvgIpc) is 4.09. The van der Waals surface area contributed by atoms with Gasteiger partial charge >= 0.3 is 6.09 Å². The van der Waals surface area contributed by atoms with Gasteiger partial charge in [0.1, 0.15) is 11.6 Å². The number of aromatic amines is 2. The Labute approximate surface area is 335 Å². The summed E-state index contributed by atoms with van der Waals surface area (Å²) < 4.78 is 0. The highest BCUT2D eigenvalue weighted by Gasteiger charge is 2.40. The highest BCUT2D eigenvalue weighted by Crippen LogP contribution is 2.38. The number of benzene rings is 2. The zero-order chi connectivity index (χ0) is 39.5. The van der Waals surface area contributed by atoms with Gasteiger partial charge in [-0.2, -0.15) is 0 Å². The van der Waals surface area contributed by atoms with E-state index in [1.807, 2.05) is 17.3 Å². The summed E-state index contributed by atoms with van der Waals surface area (Å²) in [6.07, 6.45) is 13.8. The molecule has 0 radical (unpaired) electrons. The molecule has 2 aliphatic carbocycles. The van der Waals surface area contributed by atoms with Crippen LogP contribution in [0.4, 0.5) is 4.79 Å². The van der Waals surface area contributed by atoms with E-state index in [-0.39, 0.29) is 35.9 Å². The number of carboxylic acid groups (broad SMARTS) is 1. The van der Waals surface area contributed by atoms with Crippen molar-refractivity contribution in [2.75, 3.05) is 26.2 Å². The number of carbonyl (C=O) groups is 3. The maximum Gasteiger partial charge on any atom is 0.404 e. The largest absolute Gasteiger partial charge is 0.465 e. The fraction of sp³-hybridized carbons (Fsp3) is 0.533. The lowest BCUT2D eigenvalue weighted by molar-refractivity contribution is -0.139. The van der Waals surface area contributed by atoms with Crippen LogP contribution in [0.2, 0.25) is 0 Å². The Morgan fingerprint density at radius 1 is 0.667 bits per heavy atom. The van der Waals surface area contributed by atoms with Gasteiger partial charge in [-0.15, -0.1) is 0 Å². The molecule has 2 aliphatic heterocycles. The van der Waals surface area contributed by atoms with Crippen LogP contribution in [0.1, 0.15) is 115 Å². The molecule has 0 bridgehead atoms. The monoisotopic (exact) mass is 774 g/mol. The second kappa shape index (κ2) is 17.3. The number of imidazole rings is 2. The second-order valence-electron chi connectivity index (χ2n) is 16.6. The molecule has 3 amide bonds. The molecule has 4 N–H and O–H groups in total. The third-order valence-electron chi connectivity index (χ3n) is 13.4. The summed E-state index contributed by atoms with van der Waals surface area (Å²) in [7, 11) is 0. The summed E-state index contributed by atoms with van der Waals surface area (Å²) in [4.78, 5) is 62.1. The Morgan fingerprint density at radius 3 is 1.67 bits per heavy atom. The summed E-state index contributed by atoms with van der Waals surface area (Å²) in [5.41, 5.74) is 6.14. The summed E-state index contributed by atoms with van der Waals surface area (Å²) in [6.45, 7) is 8.08. The molecule has 12 nitrogen and oxygen atoms in total. The quantitative estimate of drug-likeness (QED) is 0.120. The molecule has 4 heterocycles. The average molecular weight is 775 g/mol. The number of H-pyrrole nitrogens is 2. The predicted octanol–water partition coefficient (Wildman–Crippen LogP) is 8.19. The maximum absolute atomic E-state index is 13.8. The molecule has 0 spiro atoms. The molecule has 57 heavy (non-hydrogen) atoms. The molecule has 0 unspecified atom stereocenters. The molecule has 8 rings (SSSR count). The molecular weight excluding hydrogens is 717 g/mol. The number of likely N-dealkylation sites (tertiary alicyclic amines) is 2. The molecule has 4 fully saturated rings. The zero-order valence-electron chi connectivity index (χ0n) is 33.5. The van der Waals surface area contributed by atoms with Crippen molar-refractivity contribution < 1.29 is 19.5 Å². The van der Waals surface area contributed by atoms with E-state index in [0.717, 1.165) is 129 Å². The van der Waals surface area contributed by atoms with Gasteiger partial charge in [-0.05, 0) is 99.6 Å². The van der Waals surface area contributed by atoms with Gasteiger partial charge in [0.2, 0.25) is 11.8 Å². The molecule has 2 aromatic heterocycles. The molecule has 4 aromatic rings. The Kier molecular flexibility index (Phi) is 11.8. The first-order valence-corrected chi connectivity index (χ1v) is 21.5. The van der Waals surface area contributed by atoms with Crippen molar-refractivity contribution in [2.45, 2.75) is 115 Å². The van der Waals surface area contributed by atoms with E-state index in [9.17, 15) is 19.5 Å². The molecule has 4 atom stereocenters. The van der Waals surface area contributed by atoms with Crippen LogP contribution in [0.25, 0.3) is 33.6 Å². The van der Waals surface area contributed by atoms with Crippen LogP contribution in [-0.4, -0.2) is 95.9 Å². The van der Waals surface area contributed by atoms with Gasteiger partial charge < -0.3 is 35.1 Å². The number of amides is 3. The molecule has 2 aromatic carbocycles. The summed E-state index contributed by atoms with van der Waals surface area (Å²) >= 11 is 0. The SMILES string of the molecule is CCN(CC)[C@H]1CC[C@@H](C(=O)N2CCC[C@H]2c2ncc(-c3ccc(-c4ccc(-c5cnc([C@@H]6CCCN6C(=O)[C@H]6CCCC[C@H]6NC(=O)O)[nH]5)cc4)cc3)[nH]2)CC1. The molecule has 302 valence electrons. The second-order valence-corrected chi connectivity index (χ2v) is 16.6. The van der Waals surface area contributed by atoms with E-state index >= 15 is 0 Å². The van der Waals surface area contributed by atoms with Crippen LogP contribution in [0, 0.1) is 11.8 Å². The summed E-state index contributed by atoms with van der Waals surface area (Å²) in [5, 5.41) is 11.9. The van der Waals surface area contributed by atoms with Crippen LogP contribution < -0.4 is 5.32 Å². The van der Waals surface area contributed by atoms with E-state index in [4.69, 9.17) is 9.97 Å². The number of aromatic nitrogens is 4. The topological polar surface area (TPSA) is 151 Å². The normalized spacial score (nSPS) is 25.2. The fourth-order valence-corrected chi connectivity index (χ4v) is 10.3. The highest BCUT2D eigenvalue weighted by molar-refractivity contribution is 5.81. The van der Waals surface area contributed by atoms with Gasteiger partial charge in [-0.3, -0.25) is 9.59 Å². The minimum absolute atomic E-state index is 0.00684. The zero-order valence-corrected chi connectivity index (χ0v) is 33.5. The van der Waals surface area contributed by atoms with E-state index in [1.165, 1.54) is 0 Å². The van der Waals surface area contributed by atoms with Crippen molar-refractivity contribution in [2.24, 2.45) is 11.8 Å². The third kappa shape index (κ3) is 8.24. The lowest BCUT2D eigenvalue weighted by atomic mass is 9.83. The van der Waals surface area contributed by atoms with Crippen LogP contribution in [0.5, 0.6) is 0 Å². The number of hydrogen-bond acceptors (Lipinski definition) is 6. The maximum atomic E-state index is 13.8. The standard InChI is InChI=1S/C45H58N8O4/c1-3-51(4-2)34-23-21-33(22-24-34)43(54)52-25-7-11-39(52)41-46-27-37(48-41)31-17-13-29(14-18-31)30-15-19-32(20-16-30)38-28-47-42(49-38)40-12-8-26-53(40)44(55)35-9-5-6-10-36(35)50-45(56)57/h13-20,27-28,33-36,39-40,50H,3-12,21-26H2,1-2H3,(H,46,48)(H,47,49)(H,56,57)/t33-,34+,35-,36+,39-,40-/m0/s1. The van der Waals surface area contributed by atoms with Crippen molar-refractivity contribution in [3.63, 3.8) is 0 Å². The minimum atomic E-state index is -1.07. The smallest absolute Gasteiger partial charge is 0.404 e. The van der Waals surface area contributed by atoms with E-state index in [0.29, 0.717) is 31.3 Å². The molecule has 2 saturated heterocycles. The summed E-state index contributed by atoms with van der Waals surface area (Å²) in [5.74, 6) is 1.79. The highest BCUT2D eigenvalue weighted by atomic mass is 16.4. The molecular formula is C45H58N8O4. The molecule has 2 saturated carbocycles. The summed E-state index contributed by atoms with van der Waals surface area (Å²) in [6, 6.07) is 17.1. The Hall–Kier alpha value is -4.97. The minimum Gasteiger partial charge on any atom is -0.465 e. The van der Waals surface area contributed by atoms with Crippen molar-refractivity contribution >= 4 is 17.9 Å². The first-order valence-electron chi connectivity index (χ1n) is 21.5. The van der Waals surface area contributed by atoms with Crippen molar-refractivity contribution in [1.29, 1.82) is 0 Å². The van der Waals surface area contributed by atoms with Crippen molar-refractivity contribution in [1.82, 2.24) is 40.0 Å². The van der Waals surface area contributed by atoms with Crippen LogP contribution in [0.15, 0.2) is 60.9 Å². The number of nitrogens with zero attached hydrogens (tertiary/aromatic N) is 5. The predicted molar refractivity (Wildman–Crippen MR) is 220 cm³/mol. The molecule has 4 aliphatic rings. The Balaban J connectivity index is 0.885. The number of carbonyl (C=O) groups excluding carboxylic acids is 2. The first-order chi connectivity index (χ1) is 27.8. The number of hydrogen-bond donors (Lipinski definition) is 4. The van der Waals surface area contributed by atoms with Crippen LogP contribution >= 0.6 is 0 Å². The van der Waals surface area contributed by atoms with E-state index in [1.54, 1.807) is 0 Å². The van der Waals surface area contributed by atoms with Gasteiger partial charge in [0.25, 0.3) is 0 Å². The van der Waals surface area contributed by atoms with Gasteiger partial charge in [0.15, 0.2) is 0 Å². The number of nitrogens with one attached hydrogen (secondary N) is 3. The van der Waals surface area contributed by atoms with E-state index < -0.39 is 6.09 Å². The van der Waals surface area contributed by atoms with Gasteiger partial charge in [-0.1, -0.05) is 75.2 Å². The fourth-order valence-electron chi connectivity index (χ4n) is 10.3. The van der Waals surface area contributed by atoms with Crippen LogP contribution in [-0.2, 0) is 9.59 Å². The first kappa shape index (κ1) is 38.9. The molecule has 12 heteroatoms. The Morgan fingerprint density at radius 2 is 1.16 bits per heavy atom. The lowest BCUT2D eigenvalue weighted by Gasteiger charge is -2.37. The Bertz CT molecular complexity index is 2000. The van der Waals surface area contributed by atoms with Gasteiger partial charge in [-0.25, -0.2) is 14.8 Å². The number of rotatable bonds is 11. The van der Waals surface area contributed by atoms with E-state index in [2.05, 4.69) is 87.5 Å². The van der Waals surface area contributed by atoms with Crippen molar-refractivity contribution in [3.8, 4) is 33.6 Å². The van der Waals surface area contributed by atoms with Gasteiger partial charge in [0, 0.05) is 31.1 Å².